The molecule has 0 aromatic carbocycles. The van der Waals surface area contributed by atoms with Gasteiger partial charge in [0.25, 0.3) is 0 Å². The van der Waals surface area contributed by atoms with Crippen LogP contribution in [0.25, 0.3) is 0 Å². The second-order valence-electron chi connectivity index (χ2n) is 12.7. The summed E-state index contributed by atoms with van der Waals surface area (Å²) in [5.74, 6) is -0.476. The smallest absolute Gasteiger partial charge is 0.457 e. The van der Waals surface area contributed by atoms with Gasteiger partial charge >= 0.3 is 13.8 Å². The van der Waals surface area contributed by atoms with Crippen LogP contribution in [0.1, 0.15) is 117 Å². The van der Waals surface area contributed by atoms with Gasteiger partial charge in [-0.2, -0.15) is 0 Å². The van der Waals surface area contributed by atoms with Crippen molar-refractivity contribution in [2.75, 3.05) is 33.0 Å². The second-order valence-corrected chi connectivity index (χ2v) is 14.2. The van der Waals surface area contributed by atoms with Crippen molar-refractivity contribution in [3.05, 3.63) is 134 Å². The first kappa shape index (κ1) is 52.6. The first-order valence-corrected chi connectivity index (χ1v) is 22.2. The quantitative estimate of drug-likeness (QED) is 0.0276. The van der Waals surface area contributed by atoms with Crippen molar-refractivity contribution in [3.8, 4) is 0 Å². The Labute approximate surface area is 340 Å². The monoisotopic (exact) mass is 796 g/mol. The van der Waals surface area contributed by atoms with Gasteiger partial charge in [0.2, 0.25) is 0 Å². The van der Waals surface area contributed by atoms with Gasteiger partial charge in [-0.1, -0.05) is 154 Å². The topological polar surface area (TPSA) is 117 Å². The number of ether oxygens (including phenoxy) is 2. The van der Waals surface area contributed by atoms with Gasteiger partial charge in [-0.15, -0.1) is 0 Å². The third kappa shape index (κ3) is 41.8. The van der Waals surface area contributed by atoms with Crippen LogP contribution >= 0.6 is 7.82 Å². The molecule has 0 rings (SSSR count). The molecule has 0 fully saturated rings. The Morgan fingerprint density at radius 1 is 0.536 bits per heavy atom. The third-order valence-corrected chi connectivity index (χ3v) is 8.58. The van der Waals surface area contributed by atoms with Crippen molar-refractivity contribution in [1.82, 2.24) is 0 Å². The Morgan fingerprint density at radius 3 is 1.38 bits per heavy atom. The van der Waals surface area contributed by atoms with E-state index in [2.05, 4.69) is 129 Å². The molecule has 0 aliphatic heterocycles. The number of hydrogen-bond donors (Lipinski definition) is 2. The summed E-state index contributed by atoms with van der Waals surface area (Å²) in [6, 6.07) is 0. The first-order chi connectivity index (χ1) is 27.4. The largest absolute Gasteiger partial charge is 0.472 e. The fourth-order valence-corrected chi connectivity index (χ4v) is 5.43. The van der Waals surface area contributed by atoms with Crippen molar-refractivity contribution in [1.29, 1.82) is 0 Å². The van der Waals surface area contributed by atoms with Gasteiger partial charge in [-0.25, -0.2) is 4.57 Å². The molecule has 0 spiro atoms. The summed E-state index contributed by atoms with van der Waals surface area (Å²) in [5, 5.41) is 0. The summed E-state index contributed by atoms with van der Waals surface area (Å²) >= 11 is 0. The van der Waals surface area contributed by atoms with E-state index in [1.165, 1.54) is 0 Å². The fourth-order valence-electron chi connectivity index (χ4n) is 4.66. The van der Waals surface area contributed by atoms with Crippen molar-refractivity contribution >= 4 is 13.8 Å². The first-order valence-electron chi connectivity index (χ1n) is 20.7. The molecule has 0 amide bonds. The van der Waals surface area contributed by atoms with Crippen LogP contribution in [-0.2, 0) is 27.9 Å². The minimum atomic E-state index is -4.32. The molecule has 9 heteroatoms. The molecule has 3 N–H and O–H groups in total. The molecule has 0 saturated carbocycles. The number of allylic oxidation sites excluding steroid dienone is 21. The third-order valence-electron chi connectivity index (χ3n) is 7.60. The maximum atomic E-state index is 12.5. The average Bonchev–Trinajstić information content (AvgIpc) is 3.19. The van der Waals surface area contributed by atoms with Crippen LogP contribution in [-0.4, -0.2) is 49.9 Å². The molecule has 0 saturated heterocycles. The van der Waals surface area contributed by atoms with Crippen LogP contribution < -0.4 is 5.73 Å². The lowest BCUT2D eigenvalue weighted by atomic mass is 10.2. The van der Waals surface area contributed by atoms with E-state index in [-0.39, 0.29) is 32.8 Å². The van der Waals surface area contributed by atoms with Crippen molar-refractivity contribution in [3.63, 3.8) is 0 Å². The fraction of sp³-hybridized carbons (Fsp3) is 0.511. The molecular weight excluding hydrogens is 721 g/mol. The van der Waals surface area contributed by atoms with Gasteiger partial charge in [0.15, 0.2) is 0 Å². The van der Waals surface area contributed by atoms with Crippen LogP contribution in [0.3, 0.4) is 0 Å². The molecule has 2 atom stereocenters. The Kier molecular flexibility index (Phi) is 40.2. The molecule has 0 radical (unpaired) electrons. The Hall–Kier alpha value is -3.36. The highest BCUT2D eigenvalue weighted by Gasteiger charge is 2.25. The van der Waals surface area contributed by atoms with Crippen LogP contribution in [0.15, 0.2) is 134 Å². The average molecular weight is 796 g/mol. The zero-order chi connectivity index (χ0) is 40.9. The highest BCUT2D eigenvalue weighted by atomic mass is 31.2. The van der Waals surface area contributed by atoms with Gasteiger partial charge < -0.3 is 20.1 Å². The summed E-state index contributed by atoms with van der Waals surface area (Å²) in [4.78, 5) is 22.4. The van der Waals surface area contributed by atoms with Gasteiger partial charge in [0.05, 0.1) is 26.2 Å². The molecule has 0 aliphatic rings. The Bertz CT molecular complexity index is 1300. The van der Waals surface area contributed by atoms with Crippen LogP contribution in [0.2, 0.25) is 0 Å². The van der Waals surface area contributed by atoms with E-state index in [0.717, 1.165) is 89.9 Å². The van der Waals surface area contributed by atoms with Crippen molar-refractivity contribution < 1.29 is 32.8 Å². The van der Waals surface area contributed by atoms with Crippen LogP contribution in [0.5, 0.6) is 0 Å². The normalized spacial score (nSPS) is 14.9. The van der Waals surface area contributed by atoms with Gasteiger partial charge in [-0.05, 0) is 89.9 Å². The summed E-state index contributed by atoms with van der Waals surface area (Å²) in [6.07, 6.45) is 60.8. The second kappa shape index (κ2) is 42.8. The molecule has 0 aromatic rings. The highest BCUT2D eigenvalue weighted by molar-refractivity contribution is 7.47. The van der Waals surface area contributed by atoms with E-state index in [1.54, 1.807) is 6.08 Å². The predicted molar refractivity (Wildman–Crippen MR) is 237 cm³/mol. The molecule has 0 aliphatic carbocycles. The van der Waals surface area contributed by atoms with E-state index in [0.29, 0.717) is 13.0 Å². The highest BCUT2D eigenvalue weighted by Crippen LogP contribution is 2.43. The standard InChI is InChI=1S/C47H74NO7P/c1-3-5-7-9-11-13-15-17-19-20-21-22-23-24-25-27-29-31-33-35-37-39-42-52-44-46(45-54-56(50,51)53-43-41-48)55-47(49)40-38-36-34-32-30-28-26-18-16-14-12-10-8-6-4-2/h5-8,11-14,17-19,21-22,24-26,29-32,36,38,46H,3-4,9-10,15-16,20,23,27-28,33-35,37,39-45,48H2,1-2H3,(H,50,51)/b7-5-,8-6-,13-11-,14-12-,19-17-,22-21-,25-24-,26-18-,31-29-,32-30-,38-36-. The predicted octanol–water partition coefficient (Wildman–Crippen LogP) is 12.4. The van der Waals surface area contributed by atoms with Crippen LogP contribution in [0.4, 0.5) is 0 Å². The minimum absolute atomic E-state index is 0.0431. The molecule has 8 nitrogen and oxygen atoms in total. The Morgan fingerprint density at radius 2 is 0.946 bits per heavy atom. The Balaban J connectivity index is 4.28. The van der Waals surface area contributed by atoms with E-state index in [4.69, 9.17) is 24.3 Å². The number of rotatable bonds is 37. The summed E-state index contributed by atoms with van der Waals surface area (Å²) in [5.41, 5.74) is 5.35. The molecule has 0 aromatic heterocycles. The summed E-state index contributed by atoms with van der Waals surface area (Å²) in [7, 11) is -4.32. The molecule has 56 heavy (non-hydrogen) atoms. The summed E-state index contributed by atoms with van der Waals surface area (Å²) < 4.78 is 33.2. The molecule has 0 bridgehead atoms. The van der Waals surface area contributed by atoms with Crippen molar-refractivity contribution in [2.45, 2.75) is 123 Å². The van der Waals surface area contributed by atoms with Gasteiger partial charge in [0, 0.05) is 13.2 Å². The number of unbranched alkanes of at least 4 members (excludes halogenated alkanes) is 3. The lowest BCUT2D eigenvalue weighted by molar-refractivity contribution is -0.153. The van der Waals surface area contributed by atoms with E-state index in [9.17, 15) is 14.3 Å². The molecule has 314 valence electrons. The van der Waals surface area contributed by atoms with E-state index >= 15 is 0 Å². The van der Waals surface area contributed by atoms with Crippen LogP contribution in [0, 0.1) is 0 Å². The lowest BCUT2D eigenvalue weighted by Crippen LogP contribution is -2.28. The van der Waals surface area contributed by atoms with E-state index in [1.807, 2.05) is 12.2 Å². The SMILES string of the molecule is CC/C=C\C/C=C\C/C=C\C/C=C\C/C=C\C/C=C\CCCCCOCC(COP(=O)(O)OCCN)OC(=O)C/C=C\C/C=C\C/C=C\C/C=C\C/C=C\CC. The molecular formula is C47H74NO7P. The number of phosphoric ester groups is 1. The maximum absolute atomic E-state index is 12.5. The van der Waals surface area contributed by atoms with Gasteiger partial charge in [0.1, 0.15) is 6.10 Å². The number of hydrogen-bond acceptors (Lipinski definition) is 7. The number of carbonyl (C=O) groups is 1. The van der Waals surface area contributed by atoms with Gasteiger partial charge in [-0.3, -0.25) is 13.8 Å². The number of nitrogens with two attached hydrogens (primary N) is 1. The summed E-state index contributed by atoms with van der Waals surface area (Å²) in [6.45, 7) is 4.41. The zero-order valence-electron chi connectivity index (χ0n) is 34.5. The number of carbonyl (C=O) groups excluding carboxylic acids is 1. The maximum Gasteiger partial charge on any atom is 0.472 e. The van der Waals surface area contributed by atoms with E-state index < -0.39 is 19.9 Å². The minimum Gasteiger partial charge on any atom is -0.457 e. The number of phosphoric acid groups is 1. The molecule has 0 heterocycles. The zero-order valence-corrected chi connectivity index (χ0v) is 35.4. The number of esters is 1. The lowest BCUT2D eigenvalue weighted by Gasteiger charge is -2.19. The van der Waals surface area contributed by atoms with Crippen molar-refractivity contribution in [2.24, 2.45) is 5.73 Å². The molecule has 2 unspecified atom stereocenters.